The quantitative estimate of drug-likeness (QED) is 0.160. The Morgan fingerprint density at radius 3 is 2.17 bits per heavy atom. The first-order valence-electron chi connectivity index (χ1n) is 16.6. The van der Waals surface area contributed by atoms with Gasteiger partial charge in [0.25, 0.3) is 0 Å². The van der Waals surface area contributed by atoms with Gasteiger partial charge in [0.15, 0.2) is 9.84 Å². The highest BCUT2D eigenvalue weighted by Gasteiger charge is 2.49. The fraction of sp³-hybridized carbons (Fsp3) is 0.410. The van der Waals surface area contributed by atoms with Crippen LogP contribution >= 0.6 is 0 Å². The van der Waals surface area contributed by atoms with Crippen molar-refractivity contribution in [3.8, 4) is 5.75 Å². The van der Waals surface area contributed by atoms with E-state index in [1.165, 1.54) is 5.56 Å². The van der Waals surface area contributed by atoms with Crippen molar-refractivity contribution >= 4 is 15.5 Å². The standard InChI is InChI=1S/C39H48N2O4S/c1-5-7-22-39(23-8-6-2)28-46(43,44)36-21-18-33(41(3)4)26-35(36)37(38(39)42)31-16-19-34(20-17-31)45-27-30-14-12-29(13-15-30)25-32-11-9-10-24-40-32/h9-21,24,26,37-38,42H,5-8,22-23,25,27-28H2,1-4H3/t37-,38-/m1/s1. The van der Waals surface area contributed by atoms with Crippen molar-refractivity contribution in [2.24, 2.45) is 5.41 Å². The van der Waals surface area contributed by atoms with E-state index in [1.54, 1.807) is 6.07 Å². The van der Waals surface area contributed by atoms with Gasteiger partial charge in [-0.15, -0.1) is 0 Å². The fourth-order valence-electron chi connectivity index (χ4n) is 6.79. The Balaban J connectivity index is 1.43. The van der Waals surface area contributed by atoms with E-state index in [2.05, 4.69) is 43.1 Å². The molecule has 4 aromatic rings. The molecule has 1 aliphatic heterocycles. The molecular weight excluding hydrogens is 593 g/mol. The van der Waals surface area contributed by atoms with Gasteiger partial charge in [-0.2, -0.15) is 0 Å². The molecule has 0 fully saturated rings. The van der Waals surface area contributed by atoms with E-state index < -0.39 is 27.3 Å². The van der Waals surface area contributed by atoms with Gasteiger partial charge in [0, 0.05) is 49.4 Å². The van der Waals surface area contributed by atoms with Crippen LogP contribution in [0.1, 0.15) is 86.2 Å². The molecule has 244 valence electrons. The zero-order valence-corrected chi connectivity index (χ0v) is 28.5. The first-order chi connectivity index (χ1) is 22.2. The topological polar surface area (TPSA) is 79.7 Å². The molecule has 3 aromatic carbocycles. The summed E-state index contributed by atoms with van der Waals surface area (Å²) >= 11 is 0. The third kappa shape index (κ3) is 7.64. The summed E-state index contributed by atoms with van der Waals surface area (Å²) in [4.78, 5) is 6.73. The summed E-state index contributed by atoms with van der Waals surface area (Å²) in [5.74, 6) is 0.206. The fourth-order valence-corrected chi connectivity index (χ4v) is 8.99. The molecule has 2 atom stereocenters. The van der Waals surface area contributed by atoms with Crippen LogP contribution < -0.4 is 9.64 Å². The van der Waals surface area contributed by atoms with E-state index in [-0.39, 0.29) is 5.75 Å². The van der Waals surface area contributed by atoms with Crippen molar-refractivity contribution in [2.45, 2.75) is 82.3 Å². The van der Waals surface area contributed by atoms with E-state index >= 15 is 0 Å². The third-order valence-corrected chi connectivity index (χ3v) is 11.4. The van der Waals surface area contributed by atoms with E-state index in [0.717, 1.165) is 60.4 Å². The molecule has 1 aliphatic rings. The van der Waals surface area contributed by atoms with Crippen LogP contribution in [-0.2, 0) is 22.9 Å². The van der Waals surface area contributed by atoms with Crippen LogP contribution in [-0.4, -0.2) is 44.5 Å². The molecular formula is C39H48N2O4S. The zero-order valence-electron chi connectivity index (χ0n) is 27.7. The number of aliphatic hydroxyl groups excluding tert-OH is 1. The van der Waals surface area contributed by atoms with E-state index in [9.17, 15) is 13.5 Å². The molecule has 5 rings (SSSR count). The molecule has 0 bridgehead atoms. The maximum absolute atomic E-state index is 14.1. The summed E-state index contributed by atoms with van der Waals surface area (Å²) < 4.78 is 34.3. The number of nitrogens with zero attached hydrogens (tertiary/aromatic N) is 2. The molecule has 2 heterocycles. The molecule has 6 nitrogen and oxygen atoms in total. The van der Waals surface area contributed by atoms with Crippen LogP contribution in [0, 0.1) is 5.41 Å². The minimum Gasteiger partial charge on any atom is -0.489 e. The predicted molar refractivity (Wildman–Crippen MR) is 186 cm³/mol. The van der Waals surface area contributed by atoms with Crippen molar-refractivity contribution in [1.82, 2.24) is 4.98 Å². The largest absolute Gasteiger partial charge is 0.489 e. The molecule has 1 N–H and O–H groups in total. The highest BCUT2D eigenvalue weighted by atomic mass is 32.2. The Labute approximate surface area is 275 Å². The van der Waals surface area contributed by atoms with E-state index in [0.29, 0.717) is 29.9 Å². The predicted octanol–water partition coefficient (Wildman–Crippen LogP) is 7.96. The molecule has 0 saturated carbocycles. The lowest BCUT2D eigenvalue weighted by Crippen LogP contribution is -2.43. The molecule has 0 saturated heterocycles. The molecule has 0 radical (unpaired) electrons. The summed E-state index contributed by atoms with van der Waals surface area (Å²) in [5.41, 5.74) is 5.05. The monoisotopic (exact) mass is 640 g/mol. The van der Waals surface area contributed by atoms with Gasteiger partial charge in [0.1, 0.15) is 12.4 Å². The maximum atomic E-state index is 14.1. The molecule has 46 heavy (non-hydrogen) atoms. The highest BCUT2D eigenvalue weighted by Crippen LogP contribution is 2.50. The van der Waals surface area contributed by atoms with Crippen LogP contribution in [0.5, 0.6) is 5.75 Å². The van der Waals surface area contributed by atoms with Gasteiger partial charge in [-0.25, -0.2) is 8.42 Å². The van der Waals surface area contributed by atoms with Gasteiger partial charge in [-0.1, -0.05) is 82.0 Å². The average molecular weight is 641 g/mol. The minimum atomic E-state index is -3.64. The van der Waals surface area contributed by atoms with Gasteiger partial charge in [-0.05, 0) is 77.6 Å². The van der Waals surface area contributed by atoms with E-state index in [1.807, 2.05) is 79.8 Å². The zero-order chi connectivity index (χ0) is 32.7. The second kappa shape index (κ2) is 14.8. The Morgan fingerprint density at radius 1 is 0.891 bits per heavy atom. The van der Waals surface area contributed by atoms with Gasteiger partial charge < -0.3 is 14.7 Å². The lowest BCUT2D eigenvalue weighted by atomic mass is 9.68. The average Bonchev–Trinajstić information content (AvgIpc) is 3.13. The van der Waals surface area contributed by atoms with Gasteiger partial charge in [-0.3, -0.25) is 4.98 Å². The summed E-state index contributed by atoms with van der Waals surface area (Å²) in [5, 5.41) is 12.4. The van der Waals surface area contributed by atoms with E-state index in [4.69, 9.17) is 4.74 Å². The number of aromatic nitrogens is 1. The number of sulfone groups is 1. The number of fused-ring (bicyclic) bond motifs is 1. The van der Waals surface area contributed by atoms with Crippen LogP contribution in [0.3, 0.4) is 0 Å². The Morgan fingerprint density at radius 2 is 1.57 bits per heavy atom. The van der Waals surface area contributed by atoms with Gasteiger partial charge in [0.05, 0.1) is 16.8 Å². The number of benzene rings is 3. The number of rotatable bonds is 13. The summed E-state index contributed by atoms with van der Waals surface area (Å²) in [6.07, 6.45) is 6.75. The first kappa shape index (κ1) is 33.7. The maximum Gasteiger partial charge on any atom is 0.179 e. The minimum absolute atomic E-state index is 0.0339. The van der Waals surface area contributed by atoms with Crippen LogP contribution in [0.15, 0.2) is 96.0 Å². The smallest absolute Gasteiger partial charge is 0.179 e. The summed E-state index contributed by atoms with van der Waals surface area (Å²) in [6, 6.07) is 27.8. The van der Waals surface area contributed by atoms with Gasteiger partial charge in [0.2, 0.25) is 0 Å². The number of ether oxygens (including phenoxy) is 1. The van der Waals surface area contributed by atoms with Crippen LogP contribution in [0.2, 0.25) is 0 Å². The molecule has 7 heteroatoms. The molecule has 0 unspecified atom stereocenters. The lowest BCUT2D eigenvalue weighted by molar-refractivity contribution is 0.0127. The first-order valence-corrected chi connectivity index (χ1v) is 18.2. The second-order valence-electron chi connectivity index (χ2n) is 13.0. The van der Waals surface area contributed by atoms with Crippen molar-refractivity contribution < 1.29 is 18.3 Å². The number of hydrogen-bond donors (Lipinski definition) is 1. The summed E-state index contributed by atoms with van der Waals surface area (Å²) in [7, 11) is 0.261. The van der Waals surface area contributed by atoms with Crippen molar-refractivity contribution in [1.29, 1.82) is 0 Å². The Kier molecular flexibility index (Phi) is 10.9. The Hall–Kier alpha value is -3.68. The normalized spacial score (nSPS) is 18.4. The second-order valence-corrected chi connectivity index (χ2v) is 15.0. The number of pyridine rings is 1. The summed E-state index contributed by atoms with van der Waals surface area (Å²) in [6.45, 7) is 4.67. The number of hydrogen-bond acceptors (Lipinski definition) is 6. The van der Waals surface area contributed by atoms with Crippen molar-refractivity contribution in [3.05, 3.63) is 119 Å². The molecule has 0 aliphatic carbocycles. The van der Waals surface area contributed by atoms with Crippen molar-refractivity contribution in [3.63, 3.8) is 0 Å². The molecule has 1 aromatic heterocycles. The number of unbranched alkanes of at least 4 members (excludes halogenated alkanes) is 2. The number of aliphatic hydroxyl groups is 1. The molecule has 0 spiro atoms. The Bertz CT molecular complexity index is 1660. The number of anilines is 1. The molecule has 0 amide bonds. The van der Waals surface area contributed by atoms with Crippen molar-refractivity contribution in [2.75, 3.05) is 24.7 Å². The van der Waals surface area contributed by atoms with Crippen LogP contribution in [0.4, 0.5) is 5.69 Å². The third-order valence-electron chi connectivity index (χ3n) is 9.44. The highest BCUT2D eigenvalue weighted by molar-refractivity contribution is 7.91. The lowest BCUT2D eigenvalue weighted by Gasteiger charge is -2.40. The van der Waals surface area contributed by atoms with Gasteiger partial charge >= 0.3 is 0 Å². The van der Waals surface area contributed by atoms with Crippen LogP contribution in [0.25, 0.3) is 0 Å². The SMILES string of the molecule is CCCCC1(CCCC)CS(=O)(=O)c2ccc(N(C)C)cc2[C@@H](c2ccc(OCc3ccc(Cc4ccccn4)cc3)cc2)[C@H]1O.